The molecular weight excluding hydrogens is 230 g/mol. The zero-order valence-electron chi connectivity index (χ0n) is 9.31. The third-order valence-electron chi connectivity index (χ3n) is 2.14. The molecule has 0 amide bonds. The van der Waals surface area contributed by atoms with Crippen LogP contribution >= 0.6 is 11.6 Å². The molecular formula is C10H14ClN3O2. The molecule has 0 unspecified atom stereocenters. The molecule has 0 saturated carbocycles. The lowest BCUT2D eigenvalue weighted by Crippen LogP contribution is -2.22. The molecule has 1 aromatic rings. The van der Waals surface area contributed by atoms with Gasteiger partial charge in [-0.3, -0.25) is 4.79 Å². The summed E-state index contributed by atoms with van der Waals surface area (Å²) < 4.78 is 4.95. The Bertz CT molecular complexity index is 360. The van der Waals surface area contributed by atoms with Gasteiger partial charge < -0.3 is 9.64 Å². The maximum atomic E-state index is 10.9. The number of aldehydes is 1. The Balaban J connectivity index is 2.78. The van der Waals surface area contributed by atoms with Crippen molar-refractivity contribution in [3.05, 3.63) is 17.0 Å². The summed E-state index contributed by atoms with van der Waals surface area (Å²) in [6, 6.07) is 0. The minimum atomic E-state index is 0.179. The van der Waals surface area contributed by atoms with Crippen LogP contribution in [0.2, 0.25) is 5.15 Å². The molecule has 0 fully saturated rings. The molecule has 16 heavy (non-hydrogen) atoms. The molecule has 0 radical (unpaired) electrons. The number of aromatic nitrogens is 2. The number of nitrogens with zero attached hydrogens (tertiary/aromatic N) is 3. The predicted molar refractivity (Wildman–Crippen MR) is 62.2 cm³/mol. The number of methoxy groups -OCH3 is 1. The van der Waals surface area contributed by atoms with Gasteiger partial charge in [0.05, 0.1) is 5.56 Å². The minimum Gasteiger partial charge on any atom is -0.385 e. The summed E-state index contributed by atoms with van der Waals surface area (Å²) in [6.45, 7) is 1.40. The Morgan fingerprint density at radius 2 is 2.31 bits per heavy atom. The number of rotatable bonds is 6. The van der Waals surface area contributed by atoms with Gasteiger partial charge in [-0.2, -0.15) is 0 Å². The summed E-state index contributed by atoms with van der Waals surface area (Å²) in [6.07, 6.45) is 2.87. The molecule has 1 aromatic heterocycles. The summed E-state index contributed by atoms with van der Waals surface area (Å²) >= 11 is 5.80. The minimum absolute atomic E-state index is 0.179. The van der Waals surface area contributed by atoms with Gasteiger partial charge in [0.1, 0.15) is 17.3 Å². The number of carbonyl (C=O) groups excluding carboxylic acids is 1. The van der Waals surface area contributed by atoms with E-state index in [0.29, 0.717) is 24.3 Å². The largest absolute Gasteiger partial charge is 0.385 e. The second-order valence-electron chi connectivity index (χ2n) is 3.29. The highest BCUT2D eigenvalue weighted by molar-refractivity contribution is 6.32. The van der Waals surface area contributed by atoms with Crippen LogP contribution in [0.25, 0.3) is 0 Å². The van der Waals surface area contributed by atoms with Gasteiger partial charge in [-0.1, -0.05) is 11.6 Å². The van der Waals surface area contributed by atoms with Gasteiger partial charge in [-0.05, 0) is 6.42 Å². The second kappa shape index (κ2) is 6.40. The van der Waals surface area contributed by atoms with E-state index in [1.807, 2.05) is 11.9 Å². The van der Waals surface area contributed by atoms with Gasteiger partial charge in [-0.25, -0.2) is 9.97 Å². The normalized spacial score (nSPS) is 10.2. The van der Waals surface area contributed by atoms with E-state index in [9.17, 15) is 4.79 Å². The summed E-state index contributed by atoms with van der Waals surface area (Å²) in [7, 11) is 3.50. The van der Waals surface area contributed by atoms with Crippen molar-refractivity contribution in [2.45, 2.75) is 6.42 Å². The first-order valence-corrected chi connectivity index (χ1v) is 5.24. The van der Waals surface area contributed by atoms with E-state index >= 15 is 0 Å². The van der Waals surface area contributed by atoms with Crippen LogP contribution in [0, 0.1) is 0 Å². The van der Waals surface area contributed by atoms with E-state index in [0.717, 1.165) is 13.0 Å². The lowest BCUT2D eigenvalue weighted by molar-refractivity contribution is 0.112. The van der Waals surface area contributed by atoms with Gasteiger partial charge in [0, 0.05) is 27.3 Å². The molecule has 0 aliphatic carbocycles. The third-order valence-corrected chi connectivity index (χ3v) is 2.44. The van der Waals surface area contributed by atoms with E-state index in [4.69, 9.17) is 16.3 Å². The Kier molecular flexibility index (Phi) is 5.14. The molecule has 0 aliphatic rings. The molecule has 6 heteroatoms. The molecule has 0 atom stereocenters. The first kappa shape index (κ1) is 12.9. The van der Waals surface area contributed by atoms with Gasteiger partial charge in [0.15, 0.2) is 6.29 Å². The molecule has 0 aliphatic heterocycles. The zero-order valence-corrected chi connectivity index (χ0v) is 10.1. The molecule has 0 N–H and O–H groups in total. The van der Waals surface area contributed by atoms with Crippen LogP contribution in [0.3, 0.4) is 0 Å². The summed E-state index contributed by atoms with van der Waals surface area (Å²) in [4.78, 5) is 20.5. The highest BCUT2D eigenvalue weighted by atomic mass is 35.5. The molecule has 1 rings (SSSR count). The number of halogens is 1. The van der Waals surface area contributed by atoms with Gasteiger partial charge in [0.2, 0.25) is 0 Å². The van der Waals surface area contributed by atoms with Crippen molar-refractivity contribution in [3.63, 3.8) is 0 Å². The molecule has 1 heterocycles. The van der Waals surface area contributed by atoms with Crippen LogP contribution < -0.4 is 4.90 Å². The smallest absolute Gasteiger partial charge is 0.156 e. The molecule has 0 saturated heterocycles. The molecule has 88 valence electrons. The first-order valence-electron chi connectivity index (χ1n) is 4.86. The summed E-state index contributed by atoms with van der Waals surface area (Å²) in [5.74, 6) is 0.547. The van der Waals surface area contributed by atoms with Crippen LogP contribution in [0.15, 0.2) is 6.33 Å². The van der Waals surface area contributed by atoms with E-state index in [1.54, 1.807) is 7.11 Å². The highest BCUT2D eigenvalue weighted by Crippen LogP contribution is 2.20. The number of hydrogen-bond donors (Lipinski definition) is 0. The predicted octanol–water partition coefficient (Wildman–Crippen LogP) is 1.42. The topological polar surface area (TPSA) is 55.3 Å². The number of hydrogen-bond acceptors (Lipinski definition) is 5. The Hall–Kier alpha value is -1.20. The van der Waals surface area contributed by atoms with Gasteiger partial charge in [0.25, 0.3) is 0 Å². The van der Waals surface area contributed by atoms with E-state index < -0.39 is 0 Å². The van der Waals surface area contributed by atoms with Crippen molar-refractivity contribution >= 4 is 23.7 Å². The van der Waals surface area contributed by atoms with Crippen molar-refractivity contribution in [1.29, 1.82) is 0 Å². The molecule has 0 spiro atoms. The molecule has 0 bridgehead atoms. The van der Waals surface area contributed by atoms with Crippen LogP contribution in [0.1, 0.15) is 16.8 Å². The van der Waals surface area contributed by atoms with E-state index in [1.165, 1.54) is 6.33 Å². The first-order chi connectivity index (χ1) is 7.70. The maximum Gasteiger partial charge on any atom is 0.156 e. The van der Waals surface area contributed by atoms with Crippen molar-refractivity contribution in [3.8, 4) is 0 Å². The van der Waals surface area contributed by atoms with Crippen molar-refractivity contribution in [2.75, 3.05) is 32.2 Å². The van der Waals surface area contributed by atoms with Crippen molar-refractivity contribution < 1.29 is 9.53 Å². The number of ether oxygens (including phenoxy) is 1. The number of anilines is 1. The van der Waals surface area contributed by atoms with Crippen LogP contribution in [0.5, 0.6) is 0 Å². The summed E-state index contributed by atoms with van der Waals surface area (Å²) in [5.41, 5.74) is 0.323. The van der Waals surface area contributed by atoms with Crippen LogP contribution in [-0.4, -0.2) is 43.6 Å². The Labute approximate surface area is 99.4 Å². The fourth-order valence-electron chi connectivity index (χ4n) is 1.32. The third kappa shape index (κ3) is 3.15. The van der Waals surface area contributed by atoms with Crippen LogP contribution in [-0.2, 0) is 4.74 Å². The van der Waals surface area contributed by atoms with E-state index in [-0.39, 0.29) is 5.15 Å². The maximum absolute atomic E-state index is 10.9. The zero-order chi connectivity index (χ0) is 12.0. The molecule has 0 aromatic carbocycles. The summed E-state index contributed by atoms with van der Waals surface area (Å²) in [5, 5.41) is 0.179. The average molecular weight is 244 g/mol. The number of carbonyl (C=O) groups is 1. The fourth-order valence-corrected chi connectivity index (χ4v) is 1.50. The van der Waals surface area contributed by atoms with Gasteiger partial charge in [-0.15, -0.1) is 0 Å². The SMILES string of the molecule is COCCCN(C)c1ncnc(Cl)c1C=O. The second-order valence-corrected chi connectivity index (χ2v) is 3.65. The van der Waals surface area contributed by atoms with Crippen LogP contribution in [0.4, 0.5) is 5.82 Å². The lowest BCUT2D eigenvalue weighted by Gasteiger charge is -2.19. The van der Waals surface area contributed by atoms with Gasteiger partial charge >= 0.3 is 0 Å². The highest BCUT2D eigenvalue weighted by Gasteiger charge is 2.12. The monoisotopic (exact) mass is 243 g/mol. The Morgan fingerprint density at radius 3 is 2.94 bits per heavy atom. The van der Waals surface area contributed by atoms with Crippen molar-refractivity contribution in [2.24, 2.45) is 0 Å². The lowest BCUT2D eigenvalue weighted by atomic mass is 10.3. The van der Waals surface area contributed by atoms with E-state index in [2.05, 4.69) is 9.97 Å². The average Bonchev–Trinajstić information content (AvgIpc) is 2.29. The van der Waals surface area contributed by atoms with Crippen molar-refractivity contribution in [1.82, 2.24) is 9.97 Å². The Morgan fingerprint density at radius 1 is 1.56 bits per heavy atom. The standard InChI is InChI=1S/C10H14ClN3O2/c1-14(4-3-5-16-2)10-8(6-15)9(11)12-7-13-10/h6-7H,3-5H2,1-2H3. The quantitative estimate of drug-likeness (QED) is 0.430. The molecule has 5 nitrogen and oxygen atoms in total. The fraction of sp³-hybridized carbons (Fsp3) is 0.500.